The van der Waals surface area contributed by atoms with E-state index in [9.17, 15) is 9.59 Å². The average Bonchev–Trinajstić information content (AvgIpc) is 3.16. The quantitative estimate of drug-likeness (QED) is 0.848. The molecule has 0 radical (unpaired) electrons. The molecule has 0 heterocycles. The number of amides is 1. The number of benzene rings is 1. The molecular weight excluding hydrogens is 278 g/mol. The number of nitrogens with one attached hydrogen (secondary N) is 1. The van der Waals surface area contributed by atoms with Crippen molar-refractivity contribution in [2.45, 2.75) is 38.1 Å². The van der Waals surface area contributed by atoms with Gasteiger partial charge >= 0.3 is 5.97 Å². The van der Waals surface area contributed by atoms with Crippen LogP contribution in [-0.2, 0) is 9.59 Å². The van der Waals surface area contributed by atoms with Crippen LogP contribution in [-0.4, -0.2) is 23.0 Å². The van der Waals surface area contributed by atoms with E-state index >= 15 is 0 Å². The van der Waals surface area contributed by atoms with E-state index in [1.165, 1.54) is 0 Å². The first-order valence-corrected chi connectivity index (χ1v) is 7.13. The van der Waals surface area contributed by atoms with Crippen LogP contribution in [0.25, 0.3) is 0 Å². The summed E-state index contributed by atoms with van der Waals surface area (Å²) >= 11 is 5.94. The van der Waals surface area contributed by atoms with Crippen molar-refractivity contribution >= 4 is 23.5 Å². The largest absolute Gasteiger partial charge is 0.481 e. The molecule has 108 valence electrons. The fourth-order valence-electron chi connectivity index (χ4n) is 2.35. The van der Waals surface area contributed by atoms with Gasteiger partial charge in [-0.1, -0.05) is 23.7 Å². The molecule has 1 fully saturated rings. The second-order valence-corrected chi connectivity index (χ2v) is 5.78. The number of rotatable bonds is 6. The topological polar surface area (TPSA) is 66.4 Å². The van der Waals surface area contributed by atoms with Gasteiger partial charge in [0.25, 0.3) is 0 Å². The summed E-state index contributed by atoms with van der Waals surface area (Å²) in [6.07, 6.45) is 1.36. The van der Waals surface area contributed by atoms with E-state index in [1.54, 1.807) is 0 Å². The van der Waals surface area contributed by atoms with Crippen molar-refractivity contribution in [2.24, 2.45) is 5.92 Å². The van der Waals surface area contributed by atoms with E-state index in [4.69, 9.17) is 16.7 Å². The summed E-state index contributed by atoms with van der Waals surface area (Å²) in [4.78, 5) is 22.5. The number of aliphatic carboxylic acids is 1. The monoisotopic (exact) mass is 295 g/mol. The molecule has 1 aliphatic rings. The summed E-state index contributed by atoms with van der Waals surface area (Å²) < 4.78 is 0. The molecule has 1 amide bonds. The minimum Gasteiger partial charge on any atom is -0.481 e. The summed E-state index contributed by atoms with van der Waals surface area (Å²) in [5.74, 6) is -0.608. The van der Waals surface area contributed by atoms with E-state index in [0.717, 1.165) is 12.0 Å². The van der Waals surface area contributed by atoms with Crippen LogP contribution in [0.15, 0.2) is 24.3 Å². The zero-order chi connectivity index (χ0) is 14.7. The molecule has 3 atom stereocenters. The Bertz CT molecular complexity index is 518. The van der Waals surface area contributed by atoms with Gasteiger partial charge in [0, 0.05) is 23.4 Å². The molecule has 0 spiro atoms. The molecule has 0 unspecified atom stereocenters. The Morgan fingerprint density at radius 3 is 2.90 bits per heavy atom. The summed E-state index contributed by atoms with van der Waals surface area (Å²) in [6.45, 7) is 1.83. The molecule has 0 bridgehead atoms. The Labute approximate surface area is 123 Å². The maximum Gasteiger partial charge on any atom is 0.303 e. The third-order valence-corrected chi connectivity index (χ3v) is 3.82. The number of hydrogen-bond donors (Lipinski definition) is 2. The Kier molecular flexibility index (Phi) is 4.65. The zero-order valence-electron chi connectivity index (χ0n) is 11.3. The number of hydrogen-bond acceptors (Lipinski definition) is 2. The molecule has 4 nitrogen and oxygen atoms in total. The second-order valence-electron chi connectivity index (χ2n) is 5.35. The Morgan fingerprint density at radius 1 is 1.50 bits per heavy atom. The van der Waals surface area contributed by atoms with Crippen LogP contribution < -0.4 is 5.32 Å². The van der Waals surface area contributed by atoms with Crippen LogP contribution in [0.5, 0.6) is 0 Å². The van der Waals surface area contributed by atoms with Crippen molar-refractivity contribution in [3.63, 3.8) is 0 Å². The highest BCUT2D eigenvalue weighted by atomic mass is 35.5. The lowest BCUT2D eigenvalue weighted by atomic mass is 10.1. The molecule has 2 N–H and O–H groups in total. The number of carboxylic acids is 1. The van der Waals surface area contributed by atoms with Crippen LogP contribution >= 0.6 is 11.6 Å². The molecule has 0 aromatic heterocycles. The predicted octanol–water partition coefficient (Wildman–Crippen LogP) is 2.81. The Morgan fingerprint density at radius 2 is 2.25 bits per heavy atom. The van der Waals surface area contributed by atoms with Gasteiger partial charge in [-0.15, -0.1) is 0 Å². The van der Waals surface area contributed by atoms with Gasteiger partial charge in [-0.05, 0) is 43.4 Å². The lowest BCUT2D eigenvalue weighted by molar-refractivity contribution is -0.137. The van der Waals surface area contributed by atoms with Gasteiger partial charge in [0.2, 0.25) is 5.91 Å². The Hall–Kier alpha value is -1.55. The maximum atomic E-state index is 12.0. The van der Waals surface area contributed by atoms with Crippen molar-refractivity contribution in [1.29, 1.82) is 0 Å². The van der Waals surface area contributed by atoms with E-state index < -0.39 is 5.97 Å². The zero-order valence-corrected chi connectivity index (χ0v) is 12.1. The van der Waals surface area contributed by atoms with Gasteiger partial charge in [-0.3, -0.25) is 9.59 Å². The molecule has 5 heteroatoms. The average molecular weight is 296 g/mol. The van der Waals surface area contributed by atoms with Gasteiger partial charge in [-0.2, -0.15) is 0 Å². The van der Waals surface area contributed by atoms with E-state index in [1.807, 2.05) is 31.2 Å². The second kappa shape index (κ2) is 6.27. The highest BCUT2D eigenvalue weighted by Crippen LogP contribution is 2.48. The summed E-state index contributed by atoms with van der Waals surface area (Å²) in [5.41, 5.74) is 1.09. The van der Waals surface area contributed by atoms with E-state index in [-0.39, 0.29) is 30.2 Å². The van der Waals surface area contributed by atoms with Gasteiger partial charge < -0.3 is 10.4 Å². The van der Waals surface area contributed by atoms with Gasteiger partial charge in [0.15, 0.2) is 0 Å². The predicted molar refractivity (Wildman–Crippen MR) is 76.8 cm³/mol. The van der Waals surface area contributed by atoms with Crippen molar-refractivity contribution in [2.75, 3.05) is 0 Å². The number of carbonyl (C=O) groups is 2. The highest BCUT2D eigenvalue weighted by Gasteiger charge is 2.44. The molecule has 0 aliphatic heterocycles. The first kappa shape index (κ1) is 14.9. The smallest absolute Gasteiger partial charge is 0.303 e. The normalized spacial score (nSPS) is 22.1. The summed E-state index contributed by atoms with van der Waals surface area (Å²) in [7, 11) is 0. The van der Waals surface area contributed by atoms with Gasteiger partial charge in [0.05, 0.1) is 0 Å². The van der Waals surface area contributed by atoms with E-state index in [0.29, 0.717) is 11.4 Å². The minimum atomic E-state index is -0.839. The molecule has 1 saturated carbocycles. The van der Waals surface area contributed by atoms with Crippen LogP contribution in [0, 0.1) is 5.92 Å². The molecule has 1 aliphatic carbocycles. The van der Waals surface area contributed by atoms with Crippen LogP contribution in [0.2, 0.25) is 5.02 Å². The first-order chi connectivity index (χ1) is 9.47. The number of carbonyl (C=O) groups excluding carboxylic acids is 1. The van der Waals surface area contributed by atoms with Gasteiger partial charge in [0.1, 0.15) is 0 Å². The van der Waals surface area contributed by atoms with Crippen LogP contribution in [0.1, 0.15) is 37.7 Å². The lowest BCUT2D eigenvalue weighted by Crippen LogP contribution is -2.34. The molecule has 1 aromatic rings. The molecular formula is C15H18ClNO3. The number of carboxylic acid groups (broad SMARTS) is 1. The summed E-state index contributed by atoms with van der Waals surface area (Å²) in [5, 5.41) is 12.2. The lowest BCUT2D eigenvalue weighted by Gasteiger charge is -2.12. The van der Waals surface area contributed by atoms with Gasteiger partial charge in [-0.25, -0.2) is 0 Å². The van der Waals surface area contributed by atoms with Crippen molar-refractivity contribution in [3.05, 3.63) is 34.9 Å². The number of halogens is 1. The molecule has 2 rings (SSSR count). The standard InChI is InChI=1S/C15H18ClNO3/c1-9(5-6-14(18)19)17-15(20)13-8-12(13)10-3-2-4-11(16)7-10/h2-4,7,9,12-13H,5-6,8H2,1H3,(H,17,20)(H,18,19)/t9-,12-,13+/m1/s1. The van der Waals surface area contributed by atoms with Crippen molar-refractivity contribution in [1.82, 2.24) is 5.32 Å². The van der Waals surface area contributed by atoms with E-state index in [2.05, 4.69) is 5.32 Å². The van der Waals surface area contributed by atoms with Crippen molar-refractivity contribution < 1.29 is 14.7 Å². The first-order valence-electron chi connectivity index (χ1n) is 6.75. The maximum absolute atomic E-state index is 12.0. The van der Waals surface area contributed by atoms with Crippen molar-refractivity contribution in [3.8, 4) is 0 Å². The fourth-order valence-corrected chi connectivity index (χ4v) is 2.55. The van der Waals surface area contributed by atoms with Crippen LogP contribution in [0.4, 0.5) is 0 Å². The SMILES string of the molecule is C[C@H](CCC(=O)O)NC(=O)[C@H]1C[C@@H]1c1cccc(Cl)c1. The summed E-state index contributed by atoms with van der Waals surface area (Å²) in [6, 6.07) is 7.47. The Balaban J connectivity index is 1.82. The molecule has 1 aromatic carbocycles. The highest BCUT2D eigenvalue weighted by molar-refractivity contribution is 6.30. The fraction of sp³-hybridized carbons (Fsp3) is 0.467. The third kappa shape index (κ3) is 3.97. The minimum absolute atomic E-state index is 0.00728. The molecule has 20 heavy (non-hydrogen) atoms. The van der Waals surface area contributed by atoms with Crippen LogP contribution in [0.3, 0.4) is 0 Å². The molecule has 0 saturated heterocycles. The third-order valence-electron chi connectivity index (χ3n) is 3.58.